The summed E-state index contributed by atoms with van der Waals surface area (Å²) in [6.45, 7) is 6.26. The standard InChI is InChI=1S/C13H14N2O2S.C6H12/c1-2-3-4-8-15-18-12(14)10-6-5-7-11(9-10)13(16)17;1-3-5-6-4-2/h3-9,14H,2H2,1H3,(H,16,17);3,5H,4,6H2,1-2H3/b4-3+,14-12?,15-8+;5-3-. The smallest absolute Gasteiger partial charge is 0.335 e. The molecule has 0 fully saturated rings. The Labute approximate surface area is 149 Å². The van der Waals surface area contributed by atoms with E-state index < -0.39 is 5.97 Å². The molecule has 1 aromatic rings. The maximum atomic E-state index is 10.8. The van der Waals surface area contributed by atoms with Crippen LogP contribution >= 0.6 is 11.9 Å². The third-order valence-corrected chi connectivity index (χ3v) is 3.37. The lowest BCUT2D eigenvalue weighted by atomic mass is 10.1. The van der Waals surface area contributed by atoms with Gasteiger partial charge in [0, 0.05) is 23.7 Å². The van der Waals surface area contributed by atoms with Crippen LogP contribution in [0, 0.1) is 5.41 Å². The zero-order chi connectivity index (χ0) is 18.2. The number of nitrogens with one attached hydrogen (secondary N) is 1. The number of benzene rings is 1. The van der Waals surface area contributed by atoms with Gasteiger partial charge in [0.05, 0.1) is 5.56 Å². The second kappa shape index (κ2) is 14.5. The first-order chi connectivity index (χ1) is 11.6. The average molecular weight is 346 g/mol. The Bertz CT molecular complexity index is 593. The van der Waals surface area contributed by atoms with Gasteiger partial charge in [-0.2, -0.15) is 0 Å². The summed E-state index contributed by atoms with van der Waals surface area (Å²) in [5.74, 6) is -0.996. The van der Waals surface area contributed by atoms with Crippen molar-refractivity contribution in [3.63, 3.8) is 0 Å². The van der Waals surface area contributed by atoms with Crippen LogP contribution in [0.5, 0.6) is 0 Å². The van der Waals surface area contributed by atoms with Crippen molar-refractivity contribution in [1.29, 1.82) is 5.41 Å². The van der Waals surface area contributed by atoms with E-state index in [2.05, 4.69) is 30.4 Å². The third-order valence-electron chi connectivity index (χ3n) is 2.73. The molecule has 0 saturated heterocycles. The van der Waals surface area contributed by atoms with Crippen molar-refractivity contribution in [3.8, 4) is 0 Å². The van der Waals surface area contributed by atoms with Crippen LogP contribution in [0.1, 0.15) is 56.0 Å². The minimum absolute atomic E-state index is 0.174. The molecule has 2 N–H and O–H groups in total. The quantitative estimate of drug-likeness (QED) is 0.285. The first-order valence-electron chi connectivity index (χ1n) is 7.95. The highest BCUT2D eigenvalue weighted by Crippen LogP contribution is 2.14. The molecule has 0 heterocycles. The van der Waals surface area contributed by atoms with Crippen molar-refractivity contribution < 1.29 is 9.90 Å². The molecule has 0 unspecified atom stereocenters. The third kappa shape index (κ3) is 10.6. The molecule has 0 aliphatic carbocycles. The summed E-state index contributed by atoms with van der Waals surface area (Å²) in [6.07, 6.45) is 13.1. The van der Waals surface area contributed by atoms with E-state index in [0.717, 1.165) is 18.4 Å². The van der Waals surface area contributed by atoms with Crippen LogP contribution in [-0.2, 0) is 0 Å². The van der Waals surface area contributed by atoms with Crippen LogP contribution in [0.25, 0.3) is 0 Å². The van der Waals surface area contributed by atoms with Crippen LogP contribution in [-0.4, -0.2) is 22.3 Å². The van der Waals surface area contributed by atoms with Crippen molar-refractivity contribution in [2.45, 2.75) is 40.0 Å². The number of allylic oxidation sites excluding steroid dienone is 4. The molecule has 130 valence electrons. The molecule has 0 spiro atoms. The molecule has 5 heteroatoms. The van der Waals surface area contributed by atoms with Crippen LogP contribution in [0.15, 0.2) is 53.0 Å². The van der Waals surface area contributed by atoms with Crippen molar-refractivity contribution >= 4 is 29.2 Å². The van der Waals surface area contributed by atoms with Gasteiger partial charge in [0.25, 0.3) is 0 Å². The predicted octanol–water partition coefficient (Wildman–Crippen LogP) is 5.76. The fraction of sp³-hybridized carbons (Fsp3) is 0.316. The zero-order valence-corrected chi connectivity index (χ0v) is 15.3. The number of carboxylic acids is 1. The van der Waals surface area contributed by atoms with Crippen molar-refractivity contribution in [2.75, 3.05) is 0 Å². The Morgan fingerprint density at radius 2 is 2.00 bits per heavy atom. The molecule has 0 atom stereocenters. The molecule has 24 heavy (non-hydrogen) atoms. The Morgan fingerprint density at radius 3 is 2.54 bits per heavy atom. The summed E-state index contributed by atoms with van der Waals surface area (Å²) >= 11 is 1.01. The Morgan fingerprint density at radius 1 is 1.29 bits per heavy atom. The molecule has 4 nitrogen and oxygen atoms in total. The molecule has 0 amide bonds. The summed E-state index contributed by atoms with van der Waals surface area (Å²) in [4.78, 5) is 10.8. The maximum Gasteiger partial charge on any atom is 0.335 e. The second-order valence-electron chi connectivity index (χ2n) is 4.75. The molecule has 0 bridgehead atoms. The minimum Gasteiger partial charge on any atom is -0.478 e. The number of unbranched alkanes of at least 4 members (excludes halogenated alkanes) is 1. The first-order valence-corrected chi connectivity index (χ1v) is 8.73. The van der Waals surface area contributed by atoms with Gasteiger partial charge in [-0.15, -0.1) is 0 Å². The molecule has 0 radical (unpaired) electrons. The fourth-order valence-corrected chi connectivity index (χ4v) is 1.96. The van der Waals surface area contributed by atoms with Gasteiger partial charge in [0.15, 0.2) is 0 Å². The summed E-state index contributed by atoms with van der Waals surface area (Å²) in [5.41, 5.74) is 0.726. The molecule has 0 aliphatic heterocycles. The predicted molar refractivity (Wildman–Crippen MR) is 105 cm³/mol. The average Bonchev–Trinajstić information content (AvgIpc) is 2.60. The van der Waals surface area contributed by atoms with Gasteiger partial charge < -0.3 is 5.11 Å². The van der Waals surface area contributed by atoms with Gasteiger partial charge in [-0.25, -0.2) is 9.19 Å². The lowest BCUT2D eigenvalue weighted by molar-refractivity contribution is 0.0697. The molecular formula is C19H26N2O2S. The number of carboxylic acid groups (broad SMARTS) is 1. The number of rotatable bonds is 7. The Hall–Kier alpha value is -2.14. The van der Waals surface area contributed by atoms with Gasteiger partial charge >= 0.3 is 5.97 Å². The van der Waals surface area contributed by atoms with E-state index in [9.17, 15) is 4.79 Å². The normalized spacial score (nSPS) is 11.0. The molecule has 0 aromatic heterocycles. The number of hydrogen-bond acceptors (Lipinski definition) is 4. The highest BCUT2D eigenvalue weighted by molar-refractivity contribution is 8.13. The molecule has 0 aliphatic rings. The van der Waals surface area contributed by atoms with Gasteiger partial charge in [0.2, 0.25) is 0 Å². The van der Waals surface area contributed by atoms with E-state index in [4.69, 9.17) is 10.5 Å². The van der Waals surface area contributed by atoms with E-state index in [1.807, 2.05) is 19.1 Å². The van der Waals surface area contributed by atoms with E-state index >= 15 is 0 Å². The SMILES string of the molecule is C/C=C\CCC.CC/C=C/C=N/SC(=N)c1cccc(C(=O)O)c1. The van der Waals surface area contributed by atoms with Crippen molar-refractivity contribution in [2.24, 2.45) is 4.40 Å². The number of carbonyl (C=O) groups is 1. The van der Waals surface area contributed by atoms with Crippen LogP contribution < -0.4 is 0 Å². The number of hydrogen-bond donors (Lipinski definition) is 2. The Balaban J connectivity index is 0.000000754. The van der Waals surface area contributed by atoms with Gasteiger partial charge in [0.1, 0.15) is 5.04 Å². The summed E-state index contributed by atoms with van der Waals surface area (Å²) < 4.78 is 3.99. The van der Waals surface area contributed by atoms with Gasteiger partial charge in [-0.3, -0.25) is 5.41 Å². The van der Waals surface area contributed by atoms with E-state index in [1.54, 1.807) is 18.3 Å². The first kappa shape index (κ1) is 21.9. The highest BCUT2D eigenvalue weighted by atomic mass is 32.2. The number of aromatic carboxylic acids is 1. The zero-order valence-electron chi connectivity index (χ0n) is 14.5. The summed E-state index contributed by atoms with van der Waals surface area (Å²) in [5, 5.41) is 16.8. The molecule has 0 saturated carbocycles. The van der Waals surface area contributed by atoms with E-state index in [-0.39, 0.29) is 10.6 Å². The number of nitrogens with zero attached hydrogens (tertiary/aromatic N) is 1. The maximum absolute atomic E-state index is 10.8. The fourth-order valence-electron chi connectivity index (χ4n) is 1.49. The molecule has 1 aromatic carbocycles. The molecular weight excluding hydrogens is 320 g/mol. The van der Waals surface area contributed by atoms with Crippen molar-refractivity contribution in [1.82, 2.24) is 0 Å². The van der Waals surface area contributed by atoms with E-state index in [1.165, 1.54) is 25.0 Å². The van der Waals surface area contributed by atoms with E-state index in [0.29, 0.717) is 5.56 Å². The molecule has 1 rings (SSSR count). The minimum atomic E-state index is -0.996. The summed E-state index contributed by atoms with van der Waals surface area (Å²) in [7, 11) is 0. The second-order valence-corrected chi connectivity index (χ2v) is 5.56. The highest BCUT2D eigenvalue weighted by Gasteiger charge is 2.06. The Kier molecular flexibility index (Phi) is 13.2. The summed E-state index contributed by atoms with van der Waals surface area (Å²) in [6, 6.07) is 6.28. The van der Waals surface area contributed by atoms with Crippen molar-refractivity contribution in [3.05, 3.63) is 59.7 Å². The van der Waals surface area contributed by atoms with Gasteiger partial charge in [-0.05, 0) is 38.0 Å². The lowest BCUT2D eigenvalue weighted by Gasteiger charge is -2.00. The lowest BCUT2D eigenvalue weighted by Crippen LogP contribution is -1.99. The largest absolute Gasteiger partial charge is 0.478 e. The topological polar surface area (TPSA) is 73.5 Å². The van der Waals surface area contributed by atoms with Crippen LogP contribution in [0.3, 0.4) is 0 Å². The van der Waals surface area contributed by atoms with Crippen LogP contribution in [0.2, 0.25) is 0 Å². The van der Waals surface area contributed by atoms with Gasteiger partial charge in [-0.1, -0.05) is 50.6 Å². The van der Waals surface area contributed by atoms with Crippen LogP contribution in [0.4, 0.5) is 0 Å². The monoisotopic (exact) mass is 346 g/mol.